The number of thiazole rings is 1. The van der Waals surface area contributed by atoms with Gasteiger partial charge in [-0.25, -0.2) is 9.78 Å². The number of aromatic nitrogens is 1. The lowest BCUT2D eigenvalue weighted by Gasteiger charge is -2.33. The number of carbonyl (C=O) groups excluding carboxylic acids is 2. The molecule has 2 aliphatic heterocycles. The lowest BCUT2D eigenvalue weighted by molar-refractivity contribution is -0.121. The molecular weight excluding hydrogens is 400 g/mol. The highest BCUT2D eigenvalue weighted by Gasteiger charge is 2.30. The second-order valence-corrected chi connectivity index (χ2v) is 8.58. The van der Waals surface area contributed by atoms with Crippen LogP contribution in [0.5, 0.6) is 5.75 Å². The standard InChI is InChI=1S/C22H28N4O3S/c1-2-29-18-7-5-16(6-8-18)19-15-30-21(23-19)24-20(27)17-9-13-26(14-10-17)22(28)25-11-3-4-12-25/h5-8,15,17H,2-4,9-14H2,1H3,(H,23,24,27). The van der Waals surface area contributed by atoms with Crippen molar-refractivity contribution in [2.75, 3.05) is 38.1 Å². The molecule has 1 N–H and O–H groups in total. The molecule has 4 rings (SSSR count). The van der Waals surface area contributed by atoms with E-state index in [1.54, 1.807) is 0 Å². The Bertz CT molecular complexity index is 869. The molecule has 3 heterocycles. The number of hydrogen-bond donors (Lipinski definition) is 1. The number of hydrogen-bond acceptors (Lipinski definition) is 5. The molecule has 2 aliphatic rings. The van der Waals surface area contributed by atoms with Crippen LogP contribution in [0.4, 0.5) is 9.93 Å². The molecule has 30 heavy (non-hydrogen) atoms. The number of anilines is 1. The Morgan fingerprint density at radius 3 is 2.43 bits per heavy atom. The molecule has 1 aromatic carbocycles. The minimum atomic E-state index is -0.0783. The Balaban J connectivity index is 1.29. The van der Waals surface area contributed by atoms with Crippen LogP contribution in [0.3, 0.4) is 0 Å². The van der Waals surface area contributed by atoms with Crippen molar-refractivity contribution in [3.05, 3.63) is 29.6 Å². The SMILES string of the molecule is CCOc1ccc(-c2csc(NC(=O)C3CCN(C(=O)N4CCCC4)CC3)n2)cc1. The van der Waals surface area contributed by atoms with E-state index in [9.17, 15) is 9.59 Å². The first-order valence-corrected chi connectivity index (χ1v) is 11.6. The summed E-state index contributed by atoms with van der Waals surface area (Å²) < 4.78 is 5.47. The molecule has 0 atom stereocenters. The van der Waals surface area contributed by atoms with E-state index in [1.165, 1.54) is 11.3 Å². The predicted molar refractivity (Wildman–Crippen MR) is 118 cm³/mol. The first-order valence-electron chi connectivity index (χ1n) is 10.7. The van der Waals surface area contributed by atoms with E-state index in [0.717, 1.165) is 42.9 Å². The van der Waals surface area contributed by atoms with Crippen LogP contribution in [0.2, 0.25) is 0 Å². The number of rotatable bonds is 5. The summed E-state index contributed by atoms with van der Waals surface area (Å²) in [4.78, 5) is 33.6. The number of benzene rings is 1. The fraction of sp³-hybridized carbons (Fsp3) is 0.500. The van der Waals surface area contributed by atoms with Gasteiger partial charge in [0.25, 0.3) is 0 Å². The second kappa shape index (κ2) is 9.47. The molecule has 7 nitrogen and oxygen atoms in total. The van der Waals surface area contributed by atoms with E-state index in [0.29, 0.717) is 37.7 Å². The molecule has 0 aliphatic carbocycles. The normalized spacial score (nSPS) is 17.2. The van der Waals surface area contributed by atoms with Gasteiger partial charge in [0.05, 0.1) is 12.3 Å². The summed E-state index contributed by atoms with van der Waals surface area (Å²) >= 11 is 1.43. The second-order valence-electron chi connectivity index (χ2n) is 7.72. The molecule has 2 fully saturated rings. The van der Waals surface area contributed by atoms with E-state index in [-0.39, 0.29) is 17.9 Å². The molecule has 160 valence electrons. The van der Waals surface area contributed by atoms with Crippen molar-refractivity contribution >= 4 is 28.4 Å². The quantitative estimate of drug-likeness (QED) is 0.779. The fourth-order valence-electron chi connectivity index (χ4n) is 4.00. The third-order valence-corrected chi connectivity index (χ3v) is 6.47. The van der Waals surface area contributed by atoms with Gasteiger partial charge in [0.2, 0.25) is 5.91 Å². The van der Waals surface area contributed by atoms with Gasteiger partial charge in [-0.1, -0.05) is 0 Å². The van der Waals surface area contributed by atoms with Crippen molar-refractivity contribution in [1.82, 2.24) is 14.8 Å². The number of ether oxygens (including phenoxy) is 1. The Morgan fingerprint density at radius 2 is 1.77 bits per heavy atom. The van der Waals surface area contributed by atoms with Crippen LogP contribution in [-0.2, 0) is 4.79 Å². The first kappa shape index (κ1) is 20.7. The third-order valence-electron chi connectivity index (χ3n) is 5.71. The fourth-order valence-corrected chi connectivity index (χ4v) is 4.72. The van der Waals surface area contributed by atoms with E-state index in [4.69, 9.17) is 4.74 Å². The zero-order valence-electron chi connectivity index (χ0n) is 17.3. The summed E-state index contributed by atoms with van der Waals surface area (Å²) in [6, 6.07) is 7.92. The molecule has 0 spiro atoms. The van der Waals surface area contributed by atoms with Crippen molar-refractivity contribution in [1.29, 1.82) is 0 Å². The highest BCUT2D eigenvalue weighted by Crippen LogP contribution is 2.28. The molecule has 0 saturated carbocycles. The lowest BCUT2D eigenvalue weighted by Crippen LogP contribution is -2.47. The van der Waals surface area contributed by atoms with Crippen molar-refractivity contribution in [2.24, 2.45) is 5.92 Å². The molecule has 0 radical (unpaired) electrons. The van der Waals surface area contributed by atoms with Gasteiger partial charge in [0.1, 0.15) is 5.75 Å². The maximum Gasteiger partial charge on any atom is 0.319 e. The number of nitrogens with zero attached hydrogens (tertiary/aromatic N) is 3. The molecule has 0 unspecified atom stereocenters. The number of urea groups is 1. The van der Waals surface area contributed by atoms with Gasteiger partial charge in [0.15, 0.2) is 5.13 Å². The summed E-state index contributed by atoms with van der Waals surface area (Å²) in [6.45, 7) is 5.60. The van der Waals surface area contributed by atoms with E-state index >= 15 is 0 Å². The van der Waals surface area contributed by atoms with Crippen molar-refractivity contribution in [2.45, 2.75) is 32.6 Å². The topological polar surface area (TPSA) is 74.8 Å². The van der Waals surface area contributed by atoms with Gasteiger partial charge < -0.3 is 19.9 Å². The molecule has 8 heteroatoms. The Hall–Kier alpha value is -2.61. The number of amides is 3. The maximum absolute atomic E-state index is 12.7. The number of carbonyl (C=O) groups is 2. The van der Waals surface area contributed by atoms with Gasteiger partial charge in [-0.2, -0.15) is 0 Å². The maximum atomic E-state index is 12.7. The zero-order chi connectivity index (χ0) is 20.9. The first-order chi connectivity index (χ1) is 14.6. The van der Waals surface area contributed by atoms with Gasteiger partial charge in [-0.3, -0.25) is 4.79 Å². The summed E-state index contributed by atoms with van der Waals surface area (Å²) in [5.74, 6) is 0.751. The van der Waals surface area contributed by atoms with Crippen molar-refractivity contribution < 1.29 is 14.3 Å². The Labute approximate surface area is 181 Å². The Morgan fingerprint density at radius 1 is 1.10 bits per heavy atom. The third kappa shape index (κ3) is 4.75. The van der Waals surface area contributed by atoms with Gasteiger partial charge in [-0.05, 0) is 56.9 Å². The number of piperidine rings is 1. The van der Waals surface area contributed by atoms with E-state index in [2.05, 4.69) is 10.3 Å². The van der Waals surface area contributed by atoms with Crippen LogP contribution in [-0.4, -0.2) is 59.5 Å². The van der Waals surface area contributed by atoms with E-state index < -0.39 is 0 Å². The van der Waals surface area contributed by atoms with Crippen LogP contribution < -0.4 is 10.1 Å². The summed E-state index contributed by atoms with van der Waals surface area (Å²) in [5, 5.41) is 5.52. The summed E-state index contributed by atoms with van der Waals surface area (Å²) in [6.07, 6.45) is 3.58. The number of nitrogens with one attached hydrogen (secondary N) is 1. The van der Waals surface area contributed by atoms with Crippen LogP contribution >= 0.6 is 11.3 Å². The highest BCUT2D eigenvalue weighted by atomic mass is 32.1. The van der Waals surface area contributed by atoms with Gasteiger partial charge >= 0.3 is 6.03 Å². The minimum absolute atomic E-state index is 0.00383. The summed E-state index contributed by atoms with van der Waals surface area (Å²) in [7, 11) is 0. The molecule has 2 aromatic rings. The molecule has 3 amide bonds. The summed E-state index contributed by atoms with van der Waals surface area (Å²) in [5.41, 5.74) is 1.83. The molecular formula is C22H28N4O3S. The molecule has 0 bridgehead atoms. The highest BCUT2D eigenvalue weighted by molar-refractivity contribution is 7.14. The van der Waals surface area contributed by atoms with Crippen molar-refractivity contribution in [3.8, 4) is 17.0 Å². The Kier molecular flexibility index (Phi) is 6.52. The smallest absolute Gasteiger partial charge is 0.319 e. The average Bonchev–Trinajstić information content (AvgIpc) is 3.47. The molecule has 1 aromatic heterocycles. The zero-order valence-corrected chi connectivity index (χ0v) is 18.1. The average molecular weight is 429 g/mol. The number of likely N-dealkylation sites (tertiary alicyclic amines) is 2. The monoisotopic (exact) mass is 428 g/mol. The van der Waals surface area contributed by atoms with Gasteiger partial charge in [0, 0.05) is 43.0 Å². The largest absolute Gasteiger partial charge is 0.494 e. The predicted octanol–water partition coefficient (Wildman–Crippen LogP) is 4.08. The van der Waals surface area contributed by atoms with Crippen LogP contribution in [0.25, 0.3) is 11.3 Å². The minimum Gasteiger partial charge on any atom is -0.494 e. The van der Waals surface area contributed by atoms with Crippen molar-refractivity contribution in [3.63, 3.8) is 0 Å². The van der Waals surface area contributed by atoms with Crippen LogP contribution in [0.15, 0.2) is 29.6 Å². The van der Waals surface area contributed by atoms with Gasteiger partial charge in [-0.15, -0.1) is 11.3 Å². The molecule has 2 saturated heterocycles. The van der Waals surface area contributed by atoms with Crippen LogP contribution in [0.1, 0.15) is 32.6 Å². The lowest BCUT2D eigenvalue weighted by atomic mass is 9.96. The van der Waals surface area contributed by atoms with E-state index in [1.807, 2.05) is 46.4 Å². The van der Waals surface area contributed by atoms with Crippen LogP contribution in [0, 0.1) is 5.92 Å².